The van der Waals surface area contributed by atoms with Gasteiger partial charge in [0, 0.05) is 23.7 Å². The minimum atomic E-state index is -0.342. The molecule has 7 nitrogen and oxygen atoms in total. The van der Waals surface area contributed by atoms with Crippen LogP contribution < -0.4 is 15.8 Å². The first kappa shape index (κ1) is 18.4. The molecule has 1 saturated heterocycles. The van der Waals surface area contributed by atoms with Crippen LogP contribution in [-0.4, -0.2) is 42.0 Å². The van der Waals surface area contributed by atoms with Gasteiger partial charge in [-0.2, -0.15) is 5.10 Å². The largest absolute Gasteiger partial charge is 0.378 e. The zero-order valence-corrected chi connectivity index (χ0v) is 15.5. The van der Waals surface area contributed by atoms with Crippen molar-refractivity contribution in [1.82, 2.24) is 9.78 Å². The predicted molar refractivity (Wildman–Crippen MR) is 101 cm³/mol. The number of anilines is 2. The van der Waals surface area contributed by atoms with Gasteiger partial charge in [0.1, 0.15) is 5.69 Å². The van der Waals surface area contributed by atoms with Gasteiger partial charge in [0.15, 0.2) is 0 Å². The molecule has 1 fully saturated rings. The first-order chi connectivity index (χ1) is 12.5. The van der Waals surface area contributed by atoms with Gasteiger partial charge in [-0.05, 0) is 32.0 Å². The van der Waals surface area contributed by atoms with Gasteiger partial charge in [-0.3, -0.25) is 9.59 Å². The maximum Gasteiger partial charge on any atom is 0.292 e. The van der Waals surface area contributed by atoms with Crippen LogP contribution in [0.2, 0.25) is 5.02 Å². The summed E-state index contributed by atoms with van der Waals surface area (Å²) in [7, 11) is 0. The normalized spacial score (nSPS) is 14.5. The lowest BCUT2D eigenvalue weighted by Gasteiger charge is -2.30. The molecule has 1 N–H and O–H groups in total. The third kappa shape index (κ3) is 3.89. The van der Waals surface area contributed by atoms with Gasteiger partial charge in [0.25, 0.3) is 11.5 Å². The molecule has 26 heavy (non-hydrogen) atoms. The molecule has 0 radical (unpaired) electrons. The van der Waals surface area contributed by atoms with E-state index in [-0.39, 0.29) is 17.5 Å². The molecule has 0 spiro atoms. The maximum atomic E-state index is 12.9. The summed E-state index contributed by atoms with van der Waals surface area (Å²) in [5, 5.41) is 7.48. The number of hydrogen-bond donors (Lipinski definition) is 1. The first-order valence-electron chi connectivity index (χ1n) is 8.49. The second kappa shape index (κ2) is 7.88. The Balaban J connectivity index is 1.99. The highest BCUT2D eigenvalue weighted by atomic mass is 35.5. The van der Waals surface area contributed by atoms with E-state index in [2.05, 4.69) is 10.4 Å². The number of amides is 1. The van der Waals surface area contributed by atoms with Crippen molar-refractivity contribution < 1.29 is 9.53 Å². The van der Waals surface area contributed by atoms with E-state index in [1.807, 2.05) is 18.7 Å². The molecule has 0 atom stereocenters. The minimum Gasteiger partial charge on any atom is -0.378 e. The van der Waals surface area contributed by atoms with Gasteiger partial charge < -0.3 is 15.0 Å². The van der Waals surface area contributed by atoms with Crippen molar-refractivity contribution in [3.05, 3.63) is 51.4 Å². The standard InChI is InChI=1S/C18H21ClN4O3/c1-12(2)23-18(25)16(22-6-8-26-9-7-22)15(11-20-23)21-17(24)13-4-3-5-14(19)10-13/h3-5,10-12H,6-9H2,1-2H3,(H,21,24). The van der Waals surface area contributed by atoms with Crippen LogP contribution in [-0.2, 0) is 4.74 Å². The lowest BCUT2D eigenvalue weighted by molar-refractivity contribution is 0.102. The van der Waals surface area contributed by atoms with Crippen LogP contribution in [0.25, 0.3) is 0 Å². The topological polar surface area (TPSA) is 76.5 Å². The quantitative estimate of drug-likeness (QED) is 0.887. The molecule has 0 bridgehead atoms. The van der Waals surface area contributed by atoms with Gasteiger partial charge >= 0.3 is 0 Å². The second-order valence-corrected chi connectivity index (χ2v) is 6.75. The van der Waals surface area contributed by atoms with Crippen molar-refractivity contribution in [2.75, 3.05) is 36.5 Å². The van der Waals surface area contributed by atoms with E-state index in [1.165, 1.54) is 10.9 Å². The summed E-state index contributed by atoms with van der Waals surface area (Å²) in [4.78, 5) is 27.5. The Hall–Kier alpha value is -2.38. The molecule has 1 aliphatic rings. The average molecular weight is 377 g/mol. The summed E-state index contributed by atoms with van der Waals surface area (Å²) in [5.41, 5.74) is 1.01. The van der Waals surface area contributed by atoms with Gasteiger partial charge in [-0.25, -0.2) is 4.68 Å². The molecule has 3 rings (SSSR count). The zero-order chi connectivity index (χ0) is 18.7. The molecule has 2 aromatic rings. The Morgan fingerprint density at radius 1 is 1.31 bits per heavy atom. The van der Waals surface area contributed by atoms with Gasteiger partial charge in [-0.15, -0.1) is 0 Å². The number of rotatable bonds is 4. The zero-order valence-electron chi connectivity index (χ0n) is 14.7. The van der Waals surface area contributed by atoms with Crippen LogP contribution in [0.4, 0.5) is 11.4 Å². The number of carbonyl (C=O) groups is 1. The van der Waals surface area contributed by atoms with Crippen molar-refractivity contribution in [3.8, 4) is 0 Å². The molecule has 1 aromatic carbocycles. The Kier molecular flexibility index (Phi) is 5.58. The van der Waals surface area contributed by atoms with Crippen molar-refractivity contribution in [3.63, 3.8) is 0 Å². The van der Waals surface area contributed by atoms with E-state index in [9.17, 15) is 9.59 Å². The predicted octanol–water partition coefficient (Wildman–Crippen LogP) is 2.57. The highest BCUT2D eigenvalue weighted by molar-refractivity contribution is 6.31. The van der Waals surface area contributed by atoms with E-state index in [1.54, 1.807) is 24.3 Å². The van der Waals surface area contributed by atoms with E-state index >= 15 is 0 Å². The summed E-state index contributed by atoms with van der Waals surface area (Å²) in [6.45, 7) is 6.01. The lowest BCUT2D eigenvalue weighted by atomic mass is 10.2. The fraction of sp³-hybridized carbons (Fsp3) is 0.389. The molecule has 0 unspecified atom stereocenters. The van der Waals surface area contributed by atoms with E-state index in [0.717, 1.165) is 0 Å². The Bertz CT molecular complexity index is 860. The fourth-order valence-corrected chi connectivity index (χ4v) is 3.02. The van der Waals surface area contributed by atoms with Crippen molar-refractivity contribution >= 4 is 28.9 Å². The lowest BCUT2D eigenvalue weighted by Crippen LogP contribution is -2.42. The number of aromatic nitrogens is 2. The number of nitrogens with one attached hydrogen (secondary N) is 1. The molecule has 138 valence electrons. The fourth-order valence-electron chi connectivity index (χ4n) is 2.83. The highest BCUT2D eigenvalue weighted by Crippen LogP contribution is 2.23. The van der Waals surface area contributed by atoms with Crippen LogP contribution in [0.5, 0.6) is 0 Å². The van der Waals surface area contributed by atoms with Crippen molar-refractivity contribution in [2.24, 2.45) is 0 Å². The van der Waals surface area contributed by atoms with Gasteiger partial charge in [0.2, 0.25) is 0 Å². The number of carbonyl (C=O) groups excluding carboxylic acids is 1. The average Bonchev–Trinajstić information content (AvgIpc) is 2.62. The summed E-state index contributed by atoms with van der Waals surface area (Å²) in [6.07, 6.45) is 1.52. The second-order valence-electron chi connectivity index (χ2n) is 6.31. The Morgan fingerprint density at radius 2 is 2.04 bits per heavy atom. The maximum absolute atomic E-state index is 12.9. The number of nitrogens with zero attached hydrogens (tertiary/aromatic N) is 3. The highest BCUT2D eigenvalue weighted by Gasteiger charge is 2.22. The summed E-state index contributed by atoms with van der Waals surface area (Å²) >= 11 is 5.96. The van der Waals surface area contributed by atoms with Crippen LogP contribution in [0, 0.1) is 0 Å². The van der Waals surface area contributed by atoms with Gasteiger partial charge in [0.05, 0.1) is 31.1 Å². The summed E-state index contributed by atoms with van der Waals surface area (Å²) in [5.74, 6) is -0.342. The van der Waals surface area contributed by atoms with E-state index < -0.39 is 0 Å². The minimum absolute atomic E-state index is 0.0834. The molecule has 8 heteroatoms. The van der Waals surface area contributed by atoms with Crippen LogP contribution in [0.15, 0.2) is 35.3 Å². The monoisotopic (exact) mass is 376 g/mol. The van der Waals surface area contributed by atoms with Crippen LogP contribution in [0.3, 0.4) is 0 Å². The summed E-state index contributed by atoms with van der Waals surface area (Å²) < 4.78 is 6.79. The number of morpholine rings is 1. The van der Waals surface area contributed by atoms with Crippen LogP contribution in [0.1, 0.15) is 30.2 Å². The Morgan fingerprint density at radius 3 is 2.69 bits per heavy atom. The molecule has 1 aromatic heterocycles. The Labute approximate surface area is 156 Å². The molecule has 1 amide bonds. The number of benzene rings is 1. The smallest absolute Gasteiger partial charge is 0.292 e. The van der Waals surface area contributed by atoms with Crippen molar-refractivity contribution in [1.29, 1.82) is 0 Å². The third-order valence-electron chi connectivity index (χ3n) is 4.13. The first-order valence-corrected chi connectivity index (χ1v) is 8.86. The molecular weight excluding hydrogens is 356 g/mol. The van der Waals surface area contributed by atoms with E-state index in [4.69, 9.17) is 16.3 Å². The third-order valence-corrected chi connectivity index (χ3v) is 4.36. The van der Waals surface area contributed by atoms with Gasteiger partial charge in [-0.1, -0.05) is 17.7 Å². The molecule has 2 heterocycles. The van der Waals surface area contributed by atoms with E-state index in [0.29, 0.717) is 48.3 Å². The van der Waals surface area contributed by atoms with Crippen LogP contribution >= 0.6 is 11.6 Å². The number of ether oxygens (including phenoxy) is 1. The summed E-state index contributed by atoms with van der Waals surface area (Å²) in [6, 6.07) is 6.56. The SMILES string of the molecule is CC(C)n1ncc(NC(=O)c2cccc(Cl)c2)c(N2CCOCC2)c1=O. The molecule has 1 aliphatic heterocycles. The number of halogens is 1. The molecule has 0 aliphatic carbocycles. The molecular formula is C18H21ClN4O3. The molecule has 0 saturated carbocycles. The van der Waals surface area contributed by atoms with Crippen molar-refractivity contribution in [2.45, 2.75) is 19.9 Å². The number of hydrogen-bond acceptors (Lipinski definition) is 5.